The molecule has 1 N–H and O–H groups in total. The second kappa shape index (κ2) is 5.32. The smallest absolute Gasteiger partial charge is 0.347 e. The second-order valence-electron chi connectivity index (χ2n) is 4.24. The molecule has 108 valence electrons. The van der Waals surface area contributed by atoms with Crippen LogP contribution in [0.15, 0.2) is 18.2 Å². The van der Waals surface area contributed by atoms with Gasteiger partial charge in [-0.2, -0.15) is 13.2 Å². The molecule has 0 spiro atoms. The summed E-state index contributed by atoms with van der Waals surface area (Å²) in [6.07, 6.45) is -4.51. The summed E-state index contributed by atoms with van der Waals surface area (Å²) in [5, 5.41) is 2.39. The summed E-state index contributed by atoms with van der Waals surface area (Å²) in [7, 11) is 0. The monoisotopic (exact) mass is 306 g/mol. The SMILES string of the molecule is O=C1CCN(c2cc(C(F)(F)F)ccc2Cl)C(=O)CN1. The lowest BCUT2D eigenvalue weighted by atomic mass is 10.1. The zero-order valence-corrected chi connectivity index (χ0v) is 10.9. The van der Waals surface area contributed by atoms with Crippen LogP contribution in [0, 0.1) is 0 Å². The molecule has 1 aromatic rings. The van der Waals surface area contributed by atoms with Gasteiger partial charge in [-0.25, -0.2) is 0 Å². The van der Waals surface area contributed by atoms with E-state index in [4.69, 9.17) is 11.6 Å². The molecule has 4 nitrogen and oxygen atoms in total. The lowest BCUT2D eigenvalue weighted by Crippen LogP contribution is -2.35. The molecule has 20 heavy (non-hydrogen) atoms. The third kappa shape index (κ3) is 3.04. The Morgan fingerprint density at radius 3 is 2.60 bits per heavy atom. The van der Waals surface area contributed by atoms with E-state index in [9.17, 15) is 22.8 Å². The van der Waals surface area contributed by atoms with Crippen molar-refractivity contribution in [3.63, 3.8) is 0 Å². The van der Waals surface area contributed by atoms with Crippen molar-refractivity contribution in [2.24, 2.45) is 0 Å². The van der Waals surface area contributed by atoms with Gasteiger partial charge in [-0.1, -0.05) is 11.6 Å². The first kappa shape index (κ1) is 14.6. The number of alkyl halides is 3. The molecule has 0 bridgehead atoms. The molecule has 0 atom stereocenters. The summed E-state index contributed by atoms with van der Waals surface area (Å²) >= 11 is 5.87. The molecule has 1 aromatic carbocycles. The molecule has 1 aliphatic rings. The highest BCUT2D eigenvalue weighted by atomic mass is 35.5. The number of rotatable bonds is 1. The van der Waals surface area contributed by atoms with Crippen LogP contribution in [0.2, 0.25) is 5.02 Å². The van der Waals surface area contributed by atoms with E-state index in [1.807, 2.05) is 0 Å². The Morgan fingerprint density at radius 2 is 1.95 bits per heavy atom. The van der Waals surface area contributed by atoms with Gasteiger partial charge >= 0.3 is 6.18 Å². The maximum absolute atomic E-state index is 12.7. The van der Waals surface area contributed by atoms with Crippen LogP contribution >= 0.6 is 11.6 Å². The fraction of sp³-hybridized carbons (Fsp3) is 0.333. The first-order valence-electron chi connectivity index (χ1n) is 5.73. The van der Waals surface area contributed by atoms with Crippen molar-refractivity contribution in [3.8, 4) is 0 Å². The molecule has 8 heteroatoms. The Hall–Kier alpha value is -1.76. The molecule has 1 aliphatic heterocycles. The van der Waals surface area contributed by atoms with E-state index < -0.39 is 17.6 Å². The van der Waals surface area contributed by atoms with Gasteiger partial charge in [0, 0.05) is 13.0 Å². The van der Waals surface area contributed by atoms with Crippen LogP contribution in [0.1, 0.15) is 12.0 Å². The van der Waals surface area contributed by atoms with Gasteiger partial charge in [-0.05, 0) is 18.2 Å². The molecule has 2 rings (SSSR count). The topological polar surface area (TPSA) is 49.4 Å². The van der Waals surface area contributed by atoms with E-state index in [0.29, 0.717) is 0 Å². The Balaban J connectivity index is 2.40. The number of carbonyl (C=O) groups is 2. The number of nitrogens with one attached hydrogen (secondary N) is 1. The molecule has 1 fully saturated rings. The number of benzene rings is 1. The number of nitrogens with zero attached hydrogens (tertiary/aromatic N) is 1. The largest absolute Gasteiger partial charge is 0.416 e. The Kier molecular flexibility index (Phi) is 3.89. The van der Waals surface area contributed by atoms with Crippen molar-refractivity contribution in [1.29, 1.82) is 0 Å². The number of carbonyl (C=O) groups excluding carboxylic acids is 2. The number of hydrogen-bond acceptors (Lipinski definition) is 2. The quantitative estimate of drug-likeness (QED) is 0.865. The highest BCUT2D eigenvalue weighted by Crippen LogP contribution is 2.35. The van der Waals surface area contributed by atoms with Crippen LogP contribution in [0.25, 0.3) is 0 Å². The van der Waals surface area contributed by atoms with Gasteiger partial charge in [0.1, 0.15) is 0 Å². The van der Waals surface area contributed by atoms with Crippen molar-refractivity contribution in [3.05, 3.63) is 28.8 Å². The van der Waals surface area contributed by atoms with Crippen molar-refractivity contribution in [2.75, 3.05) is 18.0 Å². The van der Waals surface area contributed by atoms with Gasteiger partial charge < -0.3 is 10.2 Å². The Morgan fingerprint density at radius 1 is 1.25 bits per heavy atom. The van der Waals surface area contributed by atoms with Crippen LogP contribution in [0.3, 0.4) is 0 Å². The Bertz CT molecular complexity index is 560. The zero-order valence-electron chi connectivity index (χ0n) is 10.1. The van der Waals surface area contributed by atoms with E-state index in [-0.39, 0.29) is 36.1 Å². The normalized spacial score (nSPS) is 16.9. The summed E-state index contributed by atoms with van der Waals surface area (Å²) in [6.45, 7) is -0.267. The van der Waals surface area contributed by atoms with Crippen LogP contribution in [0.4, 0.5) is 18.9 Å². The van der Waals surface area contributed by atoms with Crippen LogP contribution in [-0.4, -0.2) is 24.9 Å². The summed E-state index contributed by atoms with van der Waals surface area (Å²) in [6, 6.07) is 2.75. The first-order valence-corrected chi connectivity index (χ1v) is 6.10. The number of halogens is 4. The highest BCUT2D eigenvalue weighted by molar-refractivity contribution is 6.33. The minimum absolute atomic E-state index is 0.00824. The van der Waals surface area contributed by atoms with Crippen LogP contribution in [-0.2, 0) is 15.8 Å². The molecule has 0 saturated carbocycles. The van der Waals surface area contributed by atoms with E-state index in [2.05, 4.69) is 5.32 Å². The summed E-state index contributed by atoms with van der Waals surface area (Å²) in [5.74, 6) is -0.832. The first-order chi connectivity index (χ1) is 9.29. The maximum Gasteiger partial charge on any atom is 0.416 e. The zero-order chi connectivity index (χ0) is 14.9. The predicted octanol–water partition coefficient (Wildman–Crippen LogP) is 2.21. The molecule has 2 amide bonds. The van der Waals surface area contributed by atoms with Crippen molar-refractivity contribution in [1.82, 2.24) is 5.32 Å². The lowest BCUT2D eigenvalue weighted by molar-refractivity contribution is -0.137. The molecular weight excluding hydrogens is 297 g/mol. The fourth-order valence-corrected chi connectivity index (χ4v) is 2.07. The molecule has 1 saturated heterocycles. The van der Waals surface area contributed by atoms with Gasteiger partial charge in [0.05, 0.1) is 22.8 Å². The molecular formula is C12H10ClF3N2O2. The molecule has 0 unspecified atom stereocenters. The standard InChI is InChI=1S/C12H10ClF3N2O2/c13-8-2-1-7(12(14,15)16)5-9(8)18-4-3-10(19)17-6-11(18)20/h1-2,5H,3-4,6H2,(H,17,19). The second-order valence-corrected chi connectivity index (χ2v) is 4.64. The van der Waals surface area contributed by atoms with E-state index in [0.717, 1.165) is 23.1 Å². The maximum atomic E-state index is 12.7. The minimum Gasteiger partial charge on any atom is -0.347 e. The third-order valence-electron chi connectivity index (χ3n) is 2.86. The van der Waals surface area contributed by atoms with Gasteiger partial charge in [0.2, 0.25) is 11.8 Å². The minimum atomic E-state index is -4.53. The van der Waals surface area contributed by atoms with E-state index in [1.54, 1.807) is 0 Å². The van der Waals surface area contributed by atoms with Crippen LogP contribution < -0.4 is 10.2 Å². The number of hydrogen-bond donors (Lipinski definition) is 1. The summed E-state index contributed by atoms with van der Waals surface area (Å²) in [5.41, 5.74) is -0.934. The highest BCUT2D eigenvalue weighted by Gasteiger charge is 2.32. The molecule has 0 aliphatic carbocycles. The summed E-state index contributed by atoms with van der Waals surface area (Å²) < 4.78 is 38.1. The van der Waals surface area contributed by atoms with Crippen LogP contribution in [0.5, 0.6) is 0 Å². The Labute approximate surface area is 117 Å². The molecule has 1 heterocycles. The van der Waals surface area contributed by atoms with E-state index >= 15 is 0 Å². The van der Waals surface area contributed by atoms with Gasteiger partial charge in [0.25, 0.3) is 0 Å². The number of amides is 2. The fourth-order valence-electron chi connectivity index (χ4n) is 1.85. The average Bonchev–Trinajstić information content (AvgIpc) is 2.52. The van der Waals surface area contributed by atoms with Crippen molar-refractivity contribution in [2.45, 2.75) is 12.6 Å². The number of anilines is 1. The van der Waals surface area contributed by atoms with E-state index in [1.165, 1.54) is 0 Å². The lowest BCUT2D eigenvalue weighted by Gasteiger charge is -2.22. The molecule has 0 aromatic heterocycles. The average molecular weight is 307 g/mol. The predicted molar refractivity (Wildman–Crippen MR) is 66.4 cm³/mol. The third-order valence-corrected chi connectivity index (χ3v) is 3.18. The molecule has 0 radical (unpaired) electrons. The van der Waals surface area contributed by atoms with Gasteiger partial charge in [0.15, 0.2) is 0 Å². The van der Waals surface area contributed by atoms with Crippen molar-refractivity contribution < 1.29 is 22.8 Å². The summed E-state index contributed by atoms with van der Waals surface area (Å²) in [4.78, 5) is 24.2. The van der Waals surface area contributed by atoms with Gasteiger partial charge in [-0.15, -0.1) is 0 Å². The van der Waals surface area contributed by atoms with Gasteiger partial charge in [-0.3, -0.25) is 9.59 Å². The van der Waals surface area contributed by atoms with Crippen molar-refractivity contribution >= 4 is 29.1 Å².